The minimum atomic E-state index is 0.709. The molecule has 5 heterocycles. The van der Waals surface area contributed by atoms with Crippen LogP contribution < -0.4 is 4.90 Å². The van der Waals surface area contributed by atoms with Crippen LogP contribution in [0.2, 0.25) is 0 Å². The zero-order valence-corrected chi connectivity index (χ0v) is 16.8. The molecule has 29 heavy (non-hydrogen) atoms. The molecular formula is C21H23N7O. The van der Waals surface area contributed by atoms with Crippen LogP contribution in [-0.2, 0) is 11.8 Å². The number of aromatic nitrogens is 6. The summed E-state index contributed by atoms with van der Waals surface area (Å²) < 4.78 is 7.47. The molecule has 0 unspecified atom stereocenters. The van der Waals surface area contributed by atoms with Crippen molar-refractivity contribution in [1.82, 2.24) is 29.9 Å². The Morgan fingerprint density at radius 2 is 1.93 bits per heavy atom. The van der Waals surface area contributed by atoms with Gasteiger partial charge in [0.05, 0.1) is 24.6 Å². The first kappa shape index (κ1) is 17.8. The van der Waals surface area contributed by atoms with E-state index in [1.807, 2.05) is 30.1 Å². The molecule has 8 nitrogen and oxygen atoms in total. The van der Waals surface area contributed by atoms with E-state index >= 15 is 0 Å². The van der Waals surface area contributed by atoms with Gasteiger partial charge in [0, 0.05) is 49.2 Å². The van der Waals surface area contributed by atoms with Crippen LogP contribution in [0.5, 0.6) is 0 Å². The SMILES string of the molecule is Cc1nn(C)c(C)c1-c1cc(N2CCOCC2)nc2c(-c3ccn[nH]3)nccc12. The van der Waals surface area contributed by atoms with Crippen molar-refractivity contribution < 1.29 is 4.74 Å². The quantitative estimate of drug-likeness (QED) is 0.580. The Bertz CT molecular complexity index is 1170. The van der Waals surface area contributed by atoms with Gasteiger partial charge in [-0.15, -0.1) is 0 Å². The predicted octanol–water partition coefficient (Wildman–Crippen LogP) is 2.87. The summed E-state index contributed by atoms with van der Waals surface area (Å²) in [5.74, 6) is 0.937. The second-order valence-corrected chi connectivity index (χ2v) is 7.32. The van der Waals surface area contributed by atoms with Gasteiger partial charge in [-0.3, -0.25) is 14.8 Å². The lowest BCUT2D eigenvalue weighted by Gasteiger charge is -2.28. The summed E-state index contributed by atoms with van der Waals surface area (Å²) in [6.07, 6.45) is 3.57. The van der Waals surface area contributed by atoms with Crippen LogP contribution in [0.4, 0.5) is 5.82 Å². The maximum absolute atomic E-state index is 5.54. The topological polar surface area (TPSA) is 84.8 Å². The molecule has 1 aliphatic rings. The Morgan fingerprint density at radius 3 is 2.62 bits per heavy atom. The summed E-state index contributed by atoms with van der Waals surface area (Å²) in [5.41, 5.74) is 6.92. The molecule has 5 rings (SSSR count). The number of hydrogen-bond donors (Lipinski definition) is 1. The number of morpholine rings is 1. The number of rotatable bonds is 3. The summed E-state index contributed by atoms with van der Waals surface area (Å²) in [6.45, 7) is 7.22. The third kappa shape index (κ3) is 2.96. The van der Waals surface area contributed by atoms with Crippen LogP contribution in [0.1, 0.15) is 11.4 Å². The second-order valence-electron chi connectivity index (χ2n) is 7.32. The highest BCUT2D eigenvalue weighted by Gasteiger charge is 2.21. The Labute approximate surface area is 168 Å². The van der Waals surface area contributed by atoms with Crippen molar-refractivity contribution in [2.24, 2.45) is 7.05 Å². The van der Waals surface area contributed by atoms with Gasteiger partial charge in [-0.2, -0.15) is 10.2 Å². The van der Waals surface area contributed by atoms with E-state index in [0.29, 0.717) is 13.2 Å². The third-order valence-electron chi connectivity index (χ3n) is 5.58. The zero-order chi connectivity index (χ0) is 20.0. The van der Waals surface area contributed by atoms with Crippen LogP contribution >= 0.6 is 0 Å². The molecule has 4 aromatic rings. The molecule has 0 aromatic carbocycles. The zero-order valence-electron chi connectivity index (χ0n) is 16.8. The van der Waals surface area contributed by atoms with Gasteiger partial charge in [0.15, 0.2) is 0 Å². The maximum Gasteiger partial charge on any atom is 0.130 e. The molecule has 8 heteroatoms. The first-order valence-corrected chi connectivity index (χ1v) is 9.76. The van der Waals surface area contributed by atoms with E-state index in [0.717, 1.165) is 63.7 Å². The van der Waals surface area contributed by atoms with E-state index in [9.17, 15) is 0 Å². The van der Waals surface area contributed by atoms with E-state index in [4.69, 9.17) is 9.72 Å². The summed E-state index contributed by atoms with van der Waals surface area (Å²) >= 11 is 0. The van der Waals surface area contributed by atoms with Gasteiger partial charge in [-0.1, -0.05) is 0 Å². The number of aryl methyl sites for hydroxylation is 2. The van der Waals surface area contributed by atoms with Crippen molar-refractivity contribution in [3.63, 3.8) is 0 Å². The van der Waals surface area contributed by atoms with Crippen LogP contribution in [-0.4, -0.2) is 56.2 Å². The Morgan fingerprint density at radius 1 is 1.10 bits per heavy atom. The van der Waals surface area contributed by atoms with Gasteiger partial charge in [0.1, 0.15) is 17.0 Å². The summed E-state index contributed by atoms with van der Waals surface area (Å²) in [6, 6.07) is 6.14. The number of ether oxygens (including phenoxy) is 1. The smallest absolute Gasteiger partial charge is 0.130 e. The molecule has 0 saturated carbocycles. The standard InChI is InChI=1S/C21H23N7O/c1-13-19(14(2)27(3)26-13)16-12-18(28-8-10-29-11-9-28)24-20-15(16)4-6-22-21(20)17-5-7-23-25-17/h4-7,12H,8-11H2,1-3H3,(H,23,25). The monoisotopic (exact) mass is 389 g/mol. The van der Waals surface area contributed by atoms with E-state index in [-0.39, 0.29) is 0 Å². The number of nitrogens with zero attached hydrogens (tertiary/aromatic N) is 6. The fraction of sp³-hybridized carbons (Fsp3) is 0.333. The maximum atomic E-state index is 5.54. The van der Waals surface area contributed by atoms with Crippen LogP contribution in [0, 0.1) is 13.8 Å². The number of nitrogens with one attached hydrogen (secondary N) is 1. The van der Waals surface area contributed by atoms with Gasteiger partial charge in [-0.25, -0.2) is 4.98 Å². The van der Waals surface area contributed by atoms with Crippen molar-refractivity contribution in [3.05, 3.63) is 42.0 Å². The second kappa shape index (κ2) is 6.97. The predicted molar refractivity (Wildman–Crippen MR) is 112 cm³/mol. The third-order valence-corrected chi connectivity index (χ3v) is 5.58. The minimum absolute atomic E-state index is 0.709. The lowest BCUT2D eigenvalue weighted by atomic mass is 9.98. The first-order chi connectivity index (χ1) is 14.1. The number of fused-ring (bicyclic) bond motifs is 1. The summed E-state index contributed by atoms with van der Waals surface area (Å²) in [7, 11) is 1.98. The molecule has 1 aliphatic heterocycles. The van der Waals surface area contributed by atoms with Crippen molar-refractivity contribution in [2.45, 2.75) is 13.8 Å². The van der Waals surface area contributed by atoms with Gasteiger partial charge in [0.25, 0.3) is 0 Å². The van der Waals surface area contributed by atoms with E-state index < -0.39 is 0 Å². The van der Waals surface area contributed by atoms with E-state index in [1.54, 1.807) is 6.20 Å². The highest BCUT2D eigenvalue weighted by atomic mass is 16.5. The molecule has 4 aromatic heterocycles. The average molecular weight is 389 g/mol. The number of pyridine rings is 2. The van der Waals surface area contributed by atoms with E-state index in [2.05, 4.69) is 45.1 Å². The van der Waals surface area contributed by atoms with Crippen LogP contribution in [0.15, 0.2) is 30.6 Å². The lowest BCUT2D eigenvalue weighted by molar-refractivity contribution is 0.122. The molecule has 0 atom stereocenters. The lowest BCUT2D eigenvalue weighted by Crippen LogP contribution is -2.36. The fourth-order valence-electron chi connectivity index (χ4n) is 4.05. The van der Waals surface area contributed by atoms with E-state index in [1.165, 1.54) is 0 Å². The van der Waals surface area contributed by atoms with Crippen molar-refractivity contribution >= 4 is 16.7 Å². The number of anilines is 1. The van der Waals surface area contributed by atoms with Crippen molar-refractivity contribution in [2.75, 3.05) is 31.2 Å². The molecular weight excluding hydrogens is 366 g/mol. The molecule has 1 N–H and O–H groups in total. The largest absolute Gasteiger partial charge is 0.378 e. The Balaban J connectivity index is 1.82. The molecule has 1 fully saturated rings. The molecule has 0 aliphatic carbocycles. The molecule has 0 amide bonds. The summed E-state index contributed by atoms with van der Waals surface area (Å²) in [5, 5.41) is 12.8. The Kier molecular flexibility index (Phi) is 4.28. The minimum Gasteiger partial charge on any atom is -0.378 e. The van der Waals surface area contributed by atoms with Gasteiger partial charge < -0.3 is 9.64 Å². The average Bonchev–Trinajstić information content (AvgIpc) is 3.36. The fourth-order valence-corrected chi connectivity index (χ4v) is 4.05. The highest BCUT2D eigenvalue weighted by molar-refractivity contribution is 6.02. The molecule has 0 bridgehead atoms. The van der Waals surface area contributed by atoms with Gasteiger partial charge in [0.2, 0.25) is 0 Å². The van der Waals surface area contributed by atoms with Crippen molar-refractivity contribution in [3.8, 4) is 22.5 Å². The van der Waals surface area contributed by atoms with Crippen LogP contribution in [0.25, 0.3) is 33.4 Å². The Hall–Kier alpha value is -3.26. The molecule has 148 valence electrons. The molecule has 0 spiro atoms. The van der Waals surface area contributed by atoms with Crippen molar-refractivity contribution in [1.29, 1.82) is 0 Å². The summed E-state index contributed by atoms with van der Waals surface area (Å²) in [4.78, 5) is 11.9. The number of H-pyrrole nitrogens is 1. The molecule has 0 radical (unpaired) electrons. The normalized spacial score (nSPS) is 14.7. The first-order valence-electron chi connectivity index (χ1n) is 9.76. The van der Waals surface area contributed by atoms with Crippen LogP contribution in [0.3, 0.4) is 0 Å². The number of aromatic amines is 1. The van der Waals surface area contributed by atoms with Gasteiger partial charge in [-0.05, 0) is 37.6 Å². The van der Waals surface area contributed by atoms with Gasteiger partial charge >= 0.3 is 0 Å². The molecule has 1 saturated heterocycles. The number of hydrogen-bond acceptors (Lipinski definition) is 6. The highest BCUT2D eigenvalue weighted by Crippen LogP contribution is 2.37.